The number of carbonyl (C=O) groups excluding carboxylic acids is 1. The van der Waals surface area contributed by atoms with Gasteiger partial charge in [0.1, 0.15) is 5.82 Å². The molecule has 1 N–H and O–H groups in total. The lowest BCUT2D eigenvalue weighted by Gasteiger charge is -2.18. The molecule has 3 rings (SSSR count). The number of amides is 1. The zero-order valence-corrected chi connectivity index (χ0v) is 16.6. The van der Waals surface area contributed by atoms with Crippen molar-refractivity contribution < 1.29 is 13.9 Å². The molecule has 8 heteroatoms. The highest BCUT2D eigenvalue weighted by molar-refractivity contribution is 6.31. The minimum absolute atomic E-state index is 0.0961. The van der Waals surface area contributed by atoms with Gasteiger partial charge >= 0.3 is 0 Å². The molecular weight excluding hydrogens is 397 g/mol. The molecule has 0 saturated carbocycles. The number of nitrogens with one attached hydrogen (secondary N) is 1. The topological polar surface area (TPSA) is 73.2 Å². The number of anilines is 1. The van der Waals surface area contributed by atoms with Gasteiger partial charge in [-0.1, -0.05) is 24.6 Å². The first kappa shape index (κ1) is 20.5. The molecule has 150 valence electrons. The van der Waals surface area contributed by atoms with E-state index in [1.54, 1.807) is 25.1 Å². The summed E-state index contributed by atoms with van der Waals surface area (Å²) in [5.74, 6) is -0.689. The van der Waals surface area contributed by atoms with Gasteiger partial charge < -0.3 is 10.1 Å². The Morgan fingerprint density at radius 1 is 1.21 bits per heavy atom. The van der Waals surface area contributed by atoms with E-state index in [1.807, 2.05) is 6.92 Å². The SMILES string of the molecule is CC[C@@H](Oc1ccc(=O)n(-c2ccc(F)cc2)n1)C(=O)Nc1cc(Cl)ccc1C. The average Bonchev–Trinajstić information content (AvgIpc) is 2.70. The Kier molecular flexibility index (Phi) is 6.29. The second-order valence-electron chi connectivity index (χ2n) is 6.36. The molecule has 2 aromatic carbocycles. The van der Waals surface area contributed by atoms with Crippen LogP contribution in [0, 0.1) is 12.7 Å². The number of halogens is 2. The summed E-state index contributed by atoms with van der Waals surface area (Å²) in [7, 11) is 0. The van der Waals surface area contributed by atoms with Crippen LogP contribution in [0.3, 0.4) is 0 Å². The summed E-state index contributed by atoms with van der Waals surface area (Å²) in [6.45, 7) is 3.65. The largest absolute Gasteiger partial charge is 0.463 e. The first-order valence-corrected chi connectivity index (χ1v) is 9.35. The standard InChI is InChI=1S/C21H19ClFN3O3/c1-3-18(21(28)24-17-12-14(22)5-4-13(17)2)29-19-10-11-20(27)26(25-19)16-8-6-15(23)7-9-16/h4-12,18H,3H2,1-2H3,(H,24,28)/t18-/m1/s1. The van der Waals surface area contributed by atoms with Gasteiger partial charge in [-0.05, 0) is 55.3 Å². The Morgan fingerprint density at radius 3 is 2.62 bits per heavy atom. The lowest BCUT2D eigenvalue weighted by atomic mass is 10.2. The van der Waals surface area contributed by atoms with Crippen molar-refractivity contribution in [2.75, 3.05) is 5.32 Å². The Labute approximate surface area is 171 Å². The first-order valence-electron chi connectivity index (χ1n) is 8.97. The predicted molar refractivity (Wildman–Crippen MR) is 109 cm³/mol. The lowest BCUT2D eigenvalue weighted by Crippen LogP contribution is -2.33. The molecule has 1 atom stereocenters. The minimum atomic E-state index is -0.833. The van der Waals surface area contributed by atoms with Crippen molar-refractivity contribution >= 4 is 23.2 Å². The van der Waals surface area contributed by atoms with E-state index in [0.717, 1.165) is 10.2 Å². The molecule has 6 nitrogen and oxygen atoms in total. The molecule has 1 heterocycles. The maximum atomic E-state index is 13.1. The molecule has 29 heavy (non-hydrogen) atoms. The normalized spacial score (nSPS) is 11.7. The Hall–Kier alpha value is -3.19. The fraction of sp³-hybridized carbons (Fsp3) is 0.190. The first-order chi connectivity index (χ1) is 13.9. The van der Waals surface area contributed by atoms with Crippen LogP contribution in [0.15, 0.2) is 59.4 Å². The summed E-state index contributed by atoms with van der Waals surface area (Å²) in [6, 6.07) is 13.2. The second-order valence-corrected chi connectivity index (χ2v) is 6.80. The smallest absolute Gasteiger partial charge is 0.271 e. The fourth-order valence-electron chi connectivity index (χ4n) is 2.63. The summed E-state index contributed by atoms with van der Waals surface area (Å²) in [5.41, 5.74) is 1.43. The van der Waals surface area contributed by atoms with E-state index in [2.05, 4.69) is 10.4 Å². The van der Waals surface area contributed by atoms with Crippen molar-refractivity contribution in [3.8, 4) is 11.6 Å². The average molecular weight is 416 g/mol. The fourth-order valence-corrected chi connectivity index (χ4v) is 2.81. The van der Waals surface area contributed by atoms with E-state index >= 15 is 0 Å². The molecule has 1 amide bonds. The van der Waals surface area contributed by atoms with Crippen LogP contribution in [0.5, 0.6) is 5.88 Å². The van der Waals surface area contributed by atoms with Gasteiger partial charge in [-0.2, -0.15) is 4.68 Å². The molecule has 0 unspecified atom stereocenters. The molecule has 0 saturated heterocycles. The second kappa shape index (κ2) is 8.87. The monoisotopic (exact) mass is 415 g/mol. The Balaban J connectivity index is 1.81. The van der Waals surface area contributed by atoms with E-state index < -0.39 is 17.5 Å². The molecule has 0 spiro atoms. The molecule has 1 aromatic heterocycles. The molecular formula is C21H19ClFN3O3. The summed E-state index contributed by atoms with van der Waals surface area (Å²) < 4.78 is 19.9. The highest BCUT2D eigenvalue weighted by Crippen LogP contribution is 2.21. The van der Waals surface area contributed by atoms with Crippen molar-refractivity contribution in [3.05, 3.63) is 81.4 Å². The Morgan fingerprint density at radius 2 is 1.93 bits per heavy atom. The van der Waals surface area contributed by atoms with E-state index in [0.29, 0.717) is 22.8 Å². The molecule has 0 aliphatic rings. The van der Waals surface area contributed by atoms with Crippen molar-refractivity contribution in [1.29, 1.82) is 0 Å². The third kappa shape index (κ3) is 5.00. The van der Waals surface area contributed by atoms with Crippen molar-refractivity contribution in [3.63, 3.8) is 0 Å². The highest BCUT2D eigenvalue weighted by Gasteiger charge is 2.20. The third-order valence-electron chi connectivity index (χ3n) is 4.23. The van der Waals surface area contributed by atoms with Gasteiger partial charge in [0.2, 0.25) is 5.88 Å². The third-order valence-corrected chi connectivity index (χ3v) is 4.47. The van der Waals surface area contributed by atoms with Crippen LogP contribution in [0.1, 0.15) is 18.9 Å². The highest BCUT2D eigenvalue weighted by atomic mass is 35.5. The van der Waals surface area contributed by atoms with Crippen LogP contribution in [0.4, 0.5) is 10.1 Å². The van der Waals surface area contributed by atoms with E-state index in [4.69, 9.17) is 16.3 Å². The molecule has 0 bridgehead atoms. The minimum Gasteiger partial charge on any atom is -0.463 e. The summed E-state index contributed by atoms with van der Waals surface area (Å²) in [4.78, 5) is 24.8. The molecule has 0 fully saturated rings. The van der Waals surface area contributed by atoms with Crippen LogP contribution < -0.4 is 15.6 Å². The van der Waals surface area contributed by atoms with Gasteiger partial charge in [0.05, 0.1) is 5.69 Å². The summed E-state index contributed by atoms with van der Waals surface area (Å²) in [5, 5.41) is 7.45. The maximum Gasteiger partial charge on any atom is 0.271 e. The molecule has 0 aliphatic carbocycles. The quantitative estimate of drug-likeness (QED) is 0.657. The number of hydrogen-bond donors (Lipinski definition) is 1. The summed E-state index contributed by atoms with van der Waals surface area (Å²) >= 11 is 6.00. The van der Waals surface area contributed by atoms with Gasteiger partial charge in [0, 0.05) is 22.8 Å². The van der Waals surface area contributed by atoms with E-state index in [-0.39, 0.29) is 11.8 Å². The van der Waals surface area contributed by atoms with Crippen LogP contribution in [0.25, 0.3) is 5.69 Å². The molecule has 0 radical (unpaired) electrons. The van der Waals surface area contributed by atoms with Crippen molar-refractivity contribution in [1.82, 2.24) is 9.78 Å². The van der Waals surface area contributed by atoms with E-state index in [9.17, 15) is 14.0 Å². The number of aryl methyl sites for hydroxylation is 1. The molecule has 3 aromatic rings. The maximum absolute atomic E-state index is 13.1. The van der Waals surface area contributed by atoms with Crippen molar-refractivity contribution in [2.45, 2.75) is 26.4 Å². The van der Waals surface area contributed by atoms with Gasteiger partial charge in [-0.25, -0.2) is 4.39 Å². The van der Waals surface area contributed by atoms with Gasteiger partial charge in [-0.3, -0.25) is 9.59 Å². The zero-order valence-electron chi connectivity index (χ0n) is 15.9. The molecule has 0 aliphatic heterocycles. The predicted octanol–water partition coefficient (Wildman–Crippen LogP) is 4.13. The van der Waals surface area contributed by atoms with Gasteiger partial charge in [-0.15, -0.1) is 5.10 Å². The number of hydrogen-bond acceptors (Lipinski definition) is 4. The lowest BCUT2D eigenvalue weighted by molar-refractivity contribution is -0.123. The van der Waals surface area contributed by atoms with Crippen LogP contribution in [-0.2, 0) is 4.79 Å². The number of aromatic nitrogens is 2. The number of ether oxygens (including phenoxy) is 1. The van der Waals surface area contributed by atoms with Crippen LogP contribution in [-0.4, -0.2) is 21.8 Å². The van der Waals surface area contributed by atoms with Gasteiger partial charge in [0.15, 0.2) is 6.10 Å². The number of rotatable bonds is 6. The van der Waals surface area contributed by atoms with Gasteiger partial charge in [0.25, 0.3) is 11.5 Å². The van der Waals surface area contributed by atoms with E-state index in [1.165, 1.54) is 36.4 Å². The number of benzene rings is 2. The Bertz CT molecular complexity index is 1080. The van der Waals surface area contributed by atoms with Crippen LogP contribution in [0.2, 0.25) is 5.02 Å². The summed E-state index contributed by atoms with van der Waals surface area (Å²) in [6.07, 6.45) is -0.456. The zero-order chi connectivity index (χ0) is 21.0. The number of nitrogens with zero attached hydrogens (tertiary/aromatic N) is 2. The van der Waals surface area contributed by atoms with Crippen molar-refractivity contribution in [2.24, 2.45) is 0 Å². The number of carbonyl (C=O) groups is 1. The van der Waals surface area contributed by atoms with Crippen LogP contribution >= 0.6 is 11.6 Å².